The second-order valence-electron chi connectivity index (χ2n) is 7.46. The Hall–Kier alpha value is -3.44. The van der Waals surface area contributed by atoms with E-state index in [9.17, 15) is 4.79 Å². The summed E-state index contributed by atoms with van der Waals surface area (Å²) in [6.45, 7) is 0.380. The minimum absolute atomic E-state index is 0.0376. The molecule has 0 saturated carbocycles. The third kappa shape index (κ3) is 7.53. The highest BCUT2D eigenvalue weighted by Gasteiger charge is 2.13. The Labute approximate surface area is 231 Å². The lowest BCUT2D eigenvalue weighted by Gasteiger charge is -2.09. The summed E-state index contributed by atoms with van der Waals surface area (Å²) < 4.78 is 7.13. The monoisotopic (exact) mass is 575 g/mol. The minimum atomic E-state index is -0.292. The number of nitrogens with zero attached hydrogens (tertiary/aromatic N) is 4. The number of benzene rings is 3. The van der Waals surface area contributed by atoms with E-state index >= 15 is 0 Å². The molecule has 0 unspecified atom stereocenters. The maximum Gasteiger partial charge on any atom is 0.264 e. The summed E-state index contributed by atoms with van der Waals surface area (Å²) in [4.78, 5) is 12.3. The molecule has 0 spiro atoms. The molecule has 0 aliphatic rings. The third-order valence-corrected chi connectivity index (χ3v) is 6.54. The van der Waals surface area contributed by atoms with Gasteiger partial charge in [0.2, 0.25) is 11.1 Å². The summed E-state index contributed by atoms with van der Waals surface area (Å²) in [5.74, 6) is 6.64. The average molecular weight is 577 g/mol. The van der Waals surface area contributed by atoms with Crippen LogP contribution in [0.25, 0.3) is 0 Å². The van der Waals surface area contributed by atoms with Crippen LogP contribution in [0.3, 0.4) is 0 Å². The first kappa shape index (κ1) is 26.6. The summed E-state index contributed by atoms with van der Waals surface area (Å²) >= 11 is 19.0. The molecule has 9 nitrogen and oxygen atoms in total. The standard InChI is InChI=1S/C24H20Cl3N7O2S/c25-17-7-5-15(6-8-17)13-36-21-4-2-1-3-16(21)12-29-31-23-32-33-24(34(23)28)37-14-22(35)30-20-10-9-18(26)11-19(20)27/h1-12H,13-14,28H2,(H,30,35)(H,31,32)/b29-12+. The molecule has 37 heavy (non-hydrogen) atoms. The number of nitrogen functional groups attached to an aromatic ring is 1. The Bertz CT molecular complexity index is 1410. The number of halogens is 3. The average Bonchev–Trinajstić information content (AvgIpc) is 3.24. The van der Waals surface area contributed by atoms with Crippen molar-refractivity contribution in [1.29, 1.82) is 0 Å². The lowest BCUT2D eigenvalue weighted by molar-refractivity contribution is -0.113. The molecular weight excluding hydrogens is 557 g/mol. The maximum atomic E-state index is 12.3. The molecule has 0 atom stereocenters. The normalized spacial score (nSPS) is 11.0. The van der Waals surface area contributed by atoms with Crippen molar-refractivity contribution in [3.05, 3.63) is 92.9 Å². The van der Waals surface area contributed by atoms with Crippen LogP contribution in [0.2, 0.25) is 15.1 Å². The van der Waals surface area contributed by atoms with Crippen LogP contribution in [0, 0.1) is 0 Å². The molecule has 0 aliphatic heterocycles. The third-order valence-electron chi connectivity index (χ3n) is 4.80. The Morgan fingerprint density at radius 1 is 1.05 bits per heavy atom. The first-order chi connectivity index (χ1) is 17.9. The van der Waals surface area contributed by atoms with E-state index in [4.69, 9.17) is 45.4 Å². The molecule has 13 heteroatoms. The van der Waals surface area contributed by atoms with Crippen LogP contribution in [0.4, 0.5) is 11.6 Å². The van der Waals surface area contributed by atoms with Crippen LogP contribution >= 0.6 is 46.6 Å². The highest BCUT2D eigenvalue weighted by atomic mass is 35.5. The SMILES string of the molecule is Nn1c(N/N=C/c2ccccc2OCc2ccc(Cl)cc2)nnc1SCC(=O)Nc1ccc(Cl)cc1Cl. The van der Waals surface area contributed by atoms with Gasteiger partial charge in [-0.05, 0) is 48.0 Å². The molecule has 190 valence electrons. The van der Waals surface area contributed by atoms with Gasteiger partial charge >= 0.3 is 0 Å². The number of carbonyl (C=O) groups excluding carboxylic acids is 1. The van der Waals surface area contributed by atoms with Crippen molar-refractivity contribution in [1.82, 2.24) is 14.9 Å². The van der Waals surface area contributed by atoms with Crippen molar-refractivity contribution in [2.24, 2.45) is 5.10 Å². The van der Waals surface area contributed by atoms with Gasteiger partial charge in [0.1, 0.15) is 12.4 Å². The number of ether oxygens (including phenoxy) is 1. The van der Waals surface area contributed by atoms with Crippen molar-refractivity contribution in [3.8, 4) is 5.75 Å². The van der Waals surface area contributed by atoms with Crippen molar-refractivity contribution in [3.63, 3.8) is 0 Å². The van der Waals surface area contributed by atoms with E-state index in [-0.39, 0.29) is 17.6 Å². The molecule has 4 aromatic rings. The second-order valence-corrected chi connectivity index (χ2v) is 9.68. The Balaban J connectivity index is 1.31. The zero-order valence-electron chi connectivity index (χ0n) is 19.1. The fraction of sp³-hybridized carbons (Fsp3) is 0.0833. The number of rotatable bonds is 10. The second kappa shape index (κ2) is 12.7. The van der Waals surface area contributed by atoms with Crippen LogP contribution in [-0.2, 0) is 11.4 Å². The molecule has 0 aliphatic carbocycles. The Morgan fingerprint density at radius 2 is 1.81 bits per heavy atom. The van der Waals surface area contributed by atoms with Gasteiger partial charge in [0.15, 0.2) is 0 Å². The Kier molecular flexibility index (Phi) is 9.13. The molecule has 4 rings (SSSR count). The number of hydrogen-bond acceptors (Lipinski definition) is 8. The number of thioether (sulfide) groups is 1. The largest absolute Gasteiger partial charge is 0.488 e. The number of nitrogens with two attached hydrogens (primary N) is 1. The number of anilines is 2. The van der Waals surface area contributed by atoms with E-state index in [0.29, 0.717) is 38.3 Å². The minimum Gasteiger partial charge on any atom is -0.488 e. The van der Waals surface area contributed by atoms with Crippen LogP contribution < -0.4 is 21.3 Å². The van der Waals surface area contributed by atoms with Crippen molar-refractivity contribution >= 4 is 70.3 Å². The summed E-state index contributed by atoms with van der Waals surface area (Å²) in [7, 11) is 0. The van der Waals surface area contributed by atoms with Crippen LogP contribution in [0.15, 0.2) is 77.0 Å². The smallest absolute Gasteiger partial charge is 0.264 e. The van der Waals surface area contributed by atoms with Gasteiger partial charge in [0.25, 0.3) is 5.95 Å². The predicted octanol–water partition coefficient (Wildman–Crippen LogP) is 5.71. The number of carbonyl (C=O) groups is 1. The van der Waals surface area contributed by atoms with Gasteiger partial charge in [-0.2, -0.15) is 5.10 Å². The van der Waals surface area contributed by atoms with Crippen molar-refractivity contribution in [2.75, 3.05) is 22.3 Å². The van der Waals surface area contributed by atoms with E-state index in [1.54, 1.807) is 24.4 Å². The topological polar surface area (TPSA) is 119 Å². The van der Waals surface area contributed by atoms with Crippen LogP contribution in [0.1, 0.15) is 11.1 Å². The number of nitrogens with one attached hydrogen (secondary N) is 2. The lowest BCUT2D eigenvalue weighted by Crippen LogP contribution is -2.17. The molecule has 0 radical (unpaired) electrons. The fourth-order valence-electron chi connectivity index (χ4n) is 2.98. The van der Waals surface area contributed by atoms with E-state index in [1.165, 1.54) is 4.68 Å². The van der Waals surface area contributed by atoms with Gasteiger partial charge < -0.3 is 15.9 Å². The molecule has 1 heterocycles. The van der Waals surface area contributed by atoms with Crippen LogP contribution in [0.5, 0.6) is 5.75 Å². The maximum absolute atomic E-state index is 12.3. The van der Waals surface area contributed by atoms with E-state index < -0.39 is 0 Å². The molecule has 4 N–H and O–H groups in total. The quantitative estimate of drug-likeness (QED) is 0.0957. The zero-order chi connectivity index (χ0) is 26.2. The Morgan fingerprint density at radius 3 is 2.59 bits per heavy atom. The number of amides is 1. The highest BCUT2D eigenvalue weighted by molar-refractivity contribution is 7.99. The highest BCUT2D eigenvalue weighted by Crippen LogP contribution is 2.26. The summed E-state index contributed by atoms with van der Waals surface area (Å²) in [6, 6.07) is 19.7. The van der Waals surface area contributed by atoms with E-state index in [2.05, 4.69) is 26.0 Å². The lowest BCUT2D eigenvalue weighted by atomic mass is 10.2. The number of para-hydroxylation sites is 1. The van der Waals surface area contributed by atoms with E-state index in [1.807, 2.05) is 48.5 Å². The predicted molar refractivity (Wildman–Crippen MR) is 149 cm³/mol. The summed E-state index contributed by atoms with van der Waals surface area (Å²) in [5, 5.41) is 16.7. The molecule has 0 fully saturated rings. The molecule has 3 aromatic carbocycles. The van der Waals surface area contributed by atoms with E-state index in [0.717, 1.165) is 22.9 Å². The number of hydrazone groups is 1. The van der Waals surface area contributed by atoms with Crippen molar-refractivity contribution in [2.45, 2.75) is 11.8 Å². The molecular formula is C24H20Cl3N7O2S. The summed E-state index contributed by atoms with van der Waals surface area (Å²) in [5.41, 5.74) is 4.94. The molecule has 0 saturated heterocycles. The van der Waals surface area contributed by atoms with Gasteiger partial charge in [-0.25, -0.2) is 10.1 Å². The molecule has 1 amide bonds. The molecule has 0 bridgehead atoms. The summed E-state index contributed by atoms with van der Waals surface area (Å²) in [6.07, 6.45) is 1.59. The fourth-order valence-corrected chi connectivity index (χ4v) is 4.22. The first-order valence-electron chi connectivity index (χ1n) is 10.7. The molecule has 1 aromatic heterocycles. The van der Waals surface area contributed by atoms with Gasteiger partial charge in [-0.15, -0.1) is 10.2 Å². The van der Waals surface area contributed by atoms with Gasteiger partial charge in [0, 0.05) is 15.6 Å². The zero-order valence-corrected chi connectivity index (χ0v) is 22.2. The van der Waals surface area contributed by atoms with Gasteiger partial charge in [-0.3, -0.25) is 4.79 Å². The number of hydrogen-bond donors (Lipinski definition) is 3. The first-order valence-corrected chi connectivity index (χ1v) is 12.8. The van der Waals surface area contributed by atoms with Gasteiger partial charge in [-0.1, -0.05) is 70.8 Å². The van der Waals surface area contributed by atoms with Gasteiger partial charge in [0.05, 0.1) is 22.7 Å². The van der Waals surface area contributed by atoms with Crippen LogP contribution in [-0.4, -0.2) is 32.7 Å². The van der Waals surface area contributed by atoms with Crippen molar-refractivity contribution < 1.29 is 9.53 Å². The number of aromatic nitrogens is 3.